The van der Waals surface area contributed by atoms with Gasteiger partial charge in [0.05, 0.1) is 17.3 Å². The van der Waals surface area contributed by atoms with Gasteiger partial charge in [-0.1, -0.05) is 54.1 Å². The summed E-state index contributed by atoms with van der Waals surface area (Å²) in [6, 6.07) is 19.2. The third-order valence-corrected chi connectivity index (χ3v) is 5.30. The Bertz CT molecular complexity index is 1030. The number of hydrogen-bond acceptors (Lipinski definition) is 3. The maximum atomic E-state index is 12.2. The number of nitrogens with one attached hydrogen (secondary N) is 3. The van der Waals surface area contributed by atoms with Crippen LogP contribution in [-0.4, -0.2) is 21.1 Å². The second-order valence-corrected chi connectivity index (χ2v) is 7.56. The van der Waals surface area contributed by atoms with Crippen molar-refractivity contribution < 1.29 is 13.2 Å². The van der Waals surface area contributed by atoms with Crippen LogP contribution in [0, 0.1) is 6.92 Å². The monoisotopic (exact) mass is 369 g/mol. The van der Waals surface area contributed by atoms with Gasteiger partial charge in [-0.05, 0) is 30.5 Å². The molecule has 3 aromatic carbocycles. The van der Waals surface area contributed by atoms with Gasteiger partial charge in [0, 0.05) is 5.39 Å². The van der Waals surface area contributed by atoms with Crippen molar-refractivity contribution in [3.05, 3.63) is 72.3 Å². The first-order valence-electron chi connectivity index (χ1n) is 8.05. The average molecular weight is 369 g/mol. The Labute approximate surface area is 152 Å². The number of sulfonamides is 1. The molecule has 3 rings (SSSR count). The van der Waals surface area contributed by atoms with Crippen LogP contribution in [0.25, 0.3) is 10.8 Å². The SMILES string of the molecule is Cc1ccc(S(=O)(=O)NCNC(=O)Nc2cccc3ccccc23)cc1. The summed E-state index contributed by atoms with van der Waals surface area (Å²) in [5, 5.41) is 7.14. The Morgan fingerprint density at radius 3 is 2.38 bits per heavy atom. The summed E-state index contributed by atoms with van der Waals surface area (Å²) < 4.78 is 26.7. The minimum atomic E-state index is -3.67. The number of amides is 2. The summed E-state index contributed by atoms with van der Waals surface area (Å²) in [5.41, 5.74) is 1.62. The smallest absolute Gasteiger partial charge is 0.320 e. The highest BCUT2D eigenvalue weighted by molar-refractivity contribution is 7.89. The number of fused-ring (bicyclic) bond motifs is 1. The number of rotatable bonds is 5. The molecular weight excluding hydrogens is 350 g/mol. The molecule has 0 atom stereocenters. The average Bonchev–Trinajstić information content (AvgIpc) is 2.62. The van der Waals surface area contributed by atoms with E-state index in [9.17, 15) is 13.2 Å². The van der Waals surface area contributed by atoms with Crippen molar-refractivity contribution in [3.8, 4) is 0 Å². The first-order chi connectivity index (χ1) is 12.5. The van der Waals surface area contributed by atoms with Gasteiger partial charge in [0.1, 0.15) is 0 Å². The molecule has 134 valence electrons. The summed E-state index contributed by atoms with van der Waals surface area (Å²) in [4.78, 5) is 12.2. The summed E-state index contributed by atoms with van der Waals surface area (Å²) in [6.07, 6.45) is 0. The Morgan fingerprint density at radius 1 is 0.923 bits per heavy atom. The fourth-order valence-electron chi connectivity index (χ4n) is 2.51. The number of carbonyl (C=O) groups excluding carboxylic acids is 1. The first kappa shape index (κ1) is 17.9. The Morgan fingerprint density at radius 2 is 1.62 bits per heavy atom. The Balaban J connectivity index is 1.60. The number of carbonyl (C=O) groups is 1. The van der Waals surface area contributed by atoms with Crippen molar-refractivity contribution in [2.24, 2.45) is 0 Å². The lowest BCUT2D eigenvalue weighted by Gasteiger charge is -2.11. The summed E-state index contributed by atoms with van der Waals surface area (Å²) in [6.45, 7) is 1.66. The number of anilines is 1. The molecule has 0 aliphatic heterocycles. The second kappa shape index (κ2) is 7.55. The maximum absolute atomic E-state index is 12.2. The van der Waals surface area contributed by atoms with Crippen LogP contribution in [-0.2, 0) is 10.0 Å². The van der Waals surface area contributed by atoms with E-state index in [0.717, 1.165) is 16.3 Å². The lowest BCUT2D eigenvalue weighted by molar-refractivity contribution is 0.252. The maximum Gasteiger partial charge on any atom is 0.320 e. The van der Waals surface area contributed by atoms with Gasteiger partial charge in [0.15, 0.2) is 0 Å². The van der Waals surface area contributed by atoms with Crippen molar-refractivity contribution >= 4 is 32.5 Å². The number of hydrogen-bond donors (Lipinski definition) is 3. The van der Waals surface area contributed by atoms with Gasteiger partial charge in [-0.2, -0.15) is 4.72 Å². The van der Waals surface area contributed by atoms with Gasteiger partial charge in [0.2, 0.25) is 10.0 Å². The zero-order valence-corrected chi connectivity index (χ0v) is 15.0. The molecule has 0 unspecified atom stereocenters. The molecule has 0 aliphatic rings. The van der Waals surface area contributed by atoms with Crippen LogP contribution >= 0.6 is 0 Å². The molecule has 3 aromatic rings. The van der Waals surface area contributed by atoms with E-state index in [0.29, 0.717) is 5.69 Å². The van der Waals surface area contributed by atoms with Gasteiger partial charge < -0.3 is 10.6 Å². The van der Waals surface area contributed by atoms with Crippen LogP contribution < -0.4 is 15.4 Å². The van der Waals surface area contributed by atoms with Crippen LogP contribution in [0.1, 0.15) is 5.56 Å². The number of urea groups is 1. The molecule has 26 heavy (non-hydrogen) atoms. The Hall–Kier alpha value is -2.90. The molecular formula is C19H19N3O3S. The molecule has 0 aliphatic carbocycles. The largest absolute Gasteiger partial charge is 0.324 e. The van der Waals surface area contributed by atoms with Gasteiger partial charge in [-0.3, -0.25) is 0 Å². The normalized spacial score (nSPS) is 11.3. The first-order valence-corrected chi connectivity index (χ1v) is 9.53. The van der Waals surface area contributed by atoms with Crippen LogP contribution in [0.4, 0.5) is 10.5 Å². The quantitative estimate of drug-likeness (QED) is 0.604. The van der Waals surface area contributed by atoms with E-state index in [4.69, 9.17) is 0 Å². The fraction of sp³-hybridized carbons (Fsp3) is 0.105. The van der Waals surface area contributed by atoms with Crippen LogP contribution in [0.2, 0.25) is 0 Å². The lowest BCUT2D eigenvalue weighted by atomic mass is 10.1. The predicted octanol–water partition coefficient (Wildman–Crippen LogP) is 3.21. The highest BCUT2D eigenvalue weighted by Gasteiger charge is 2.13. The van der Waals surface area contributed by atoms with E-state index < -0.39 is 16.1 Å². The summed E-state index contributed by atoms with van der Waals surface area (Å²) in [7, 11) is -3.67. The second-order valence-electron chi connectivity index (χ2n) is 5.80. The summed E-state index contributed by atoms with van der Waals surface area (Å²) >= 11 is 0. The minimum Gasteiger partial charge on any atom is -0.324 e. The molecule has 0 bridgehead atoms. The van der Waals surface area contributed by atoms with Crippen molar-refractivity contribution in [3.63, 3.8) is 0 Å². The van der Waals surface area contributed by atoms with Gasteiger partial charge in [-0.25, -0.2) is 13.2 Å². The van der Waals surface area contributed by atoms with E-state index in [1.807, 2.05) is 43.3 Å². The molecule has 0 saturated carbocycles. The highest BCUT2D eigenvalue weighted by Crippen LogP contribution is 2.22. The molecule has 0 spiro atoms. The van der Waals surface area contributed by atoms with Crippen molar-refractivity contribution in [2.75, 3.05) is 12.0 Å². The zero-order chi connectivity index (χ0) is 18.6. The van der Waals surface area contributed by atoms with E-state index in [1.54, 1.807) is 18.2 Å². The number of benzene rings is 3. The molecule has 6 nitrogen and oxygen atoms in total. The fourth-order valence-corrected chi connectivity index (χ4v) is 3.44. The van der Waals surface area contributed by atoms with Gasteiger partial charge >= 0.3 is 6.03 Å². The van der Waals surface area contributed by atoms with Crippen LogP contribution in [0.5, 0.6) is 0 Å². The molecule has 3 N–H and O–H groups in total. The zero-order valence-electron chi connectivity index (χ0n) is 14.2. The molecule has 0 fully saturated rings. The molecule has 0 aromatic heterocycles. The van der Waals surface area contributed by atoms with Crippen LogP contribution in [0.15, 0.2) is 71.6 Å². The summed E-state index contributed by atoms with van der Waals surface area (Å²) in [5.74, 6) is 0. The molecule has 0 radical (unpaired) electrons. The van der Waals surface area contributed by atoms with E-state index in [1.165, 1.54) is 12.1 Å². The Kier molecular flexibility index (Phi) is 5.20. The minimum absolute atomic E-state index is 0.152. The topological polar surface area (TPSA) is 87.3 Å². The van der Waals surface area contributed by atoms with Crippen molar-refractivity contribution in [1.82, 2.24) is 10.0 Å². The van der Waals surface area contributed by atoms with Crippen molar-refractivity contribution in [1.29, 1.82) is 0 Å². The number of aryl methyl sites for hydroxylation is 1. The molecule has 7 heteroatoms. The van der Waals surface area contributed by atoms with E-state index in [-0.39, 0.29) is 11.6 Å². The molecule has 0 heterocycles. The van der Waals surface area contributed by atoms with E-state index >= 15 is 0 Å². The lowest BCUT2D eigenvalue weighted by Crippen LogP contribution is -2.39. The van der Waals surface area contributed by atoms with E-state index in [2.05, 4.69) is 15.4 Å². The van der Waals surface area contributed by atoms with Crippen LogP contribution in [0.3, 0.4) is 0 Å². The van der Waals surface area contributed by atoms with Gasteiger partial charge in [0.25, 0.3) is 0 Å². The standard InChI is InChI=1S/C19H19N3O3S/c1-14-9-11-16(12-10-14)26(24,25)21-13-20-19(23)22-18-8-4-6-15-5-2-3-7-17(15)18/h2-12,21H,13H2,1H3,(H2,20,22,23). The van der Waals surface area contributed by atoms with Gasteiger partial charge in [-0.15, -0.1) is 0 Å². The molecule has 0 saturated heterocycles. The molecule has 2 amide bonds. The third-order valence-electron chi connectivity index (χ3n) is 3.88. The third kappa shape index (κ3) is 4.19. The van der Waals surface area contributed by atoms with Crippen molar-refractivity contribution in [2.45, 2.75) is 11.8 Å². The highest BCUT2D eigenvalue weighted by atomic mass is 32.2. The predicted molar refractivity (Wildman–Crippen MR) is 102 cm³/mol.